The summed E-state index contributed by atoms with van der Waals surface area (Å²) in [6, 6.07) is 25.1. The Balaban J connectivity index is 1.41. The largest absolute Gasteiger partial charge is 0.457 e. The van der Waals surface area contributed by atoms with Gasteiger partial charge in [0.2, 0.25) is 5.88 Å². The zero-order valence-electron chi connectivity index (χ0n) is 17.2. The van der Waals surface area contributed by atoms with E-state index in [1.807, 2.05) is 36.4 Å². The fourth-order valence-corrected chi connectivity index (χ4v) is 3.06. The molecule has 3 aromatic carbocycles. The molecule has 0 atom stereocenters. The van der Waals surface area contributed by atoms with E-state index < -0.39 is 11.7 Å². The Labute approximate surface area is 195 Å². The van der Waals surface area contributed by atoms with Crippen LogP contribution in [0.2, 0.25) is 0 Å². The molecule has 0 fully saturated rings. The van der Waals surface area contributed by atoms with Crippen LogP contribution in [0.25, 0.3) is 0 Å². The maximum absolute atomic E-state index is 13.1. The molecule has 0 saturated carbocycles. The van der Waals surface area contributed by atoms with Gasteiger partial charge in [0, 0.05) is 18.0 Å². The quantitative estimate of drug-likeness (QED) is 0.348. The SMILES string of the molecule is O=C(NC(=S)Nc1cccc(Oc2ccccc2)c1)c1cccnc1Oc1ccc(F)cc1. The normalized spacial score (nSPS) is 10.2. The molecule has 4 aromatic rings. The van der Waals surface area contributed by atoms with Gasteiger partial charge in [-0.25, -0.2) is 9.37 Å². The standard InChI is InChI=1S/C25H18FN3O3S/c26-17-11-13-20(14-12-17)32-24-22(10-5-15-27-24)23(30)29-25(33)28-18-6-4-9-21(16-18)31-19-7-2-1-3-8-19/h1-16H,(H2,28,29,30,33). The number of nitrogens with zero attached hydrogens (tertiary/aromatic N) is 1. The van der Waals surface area contributed by atoms with Gasteiger partial charge in [0.25, 0.3) is 5.91 Å². The third-order valence-electron chi connectivity index (χ3n) is 4.34. The van der Waals surface area contributed by atoms with Gasteiger partial charge in [-0.1, -0.05) is 24.3 Å². The van der Waals surface area contributed by atoms with Crippen LogP contribution in [0.15, 0.2) is 97.2 Å². The summed E-state index contributed by atoms with van der Waals surface area (Å²) < 4.78 is 24.6. The summed E-state index contributed by atoms with van der Waals surface area (Å²) >= 11 is 5.29. The van der Waals surface area contributed by atoms with Gasteiger partial charge >= 0.3 is 0 Å². The maximum Gasteiger partial charge on any atom is 0.262 e. The Morgan fingerprint density at radius 1 is 0.818 bits per heavy atom. The highest BCUT2D eigenvalue weighted by atomic mass is 32.1. The molecule has 1 aromatic heterocycles. The van der Waals surface area contributed by atoms with Gasteiger partial charge in [0.05, 0.1) is 0 Å². The van der Waals surface area contributed by atoms with E-state index in [9.17, 15) is 9.18 Å². The summed E-state index contributed by atoms with van der Waals surface area (Å²) in [5.74, 6) is 0.839. The summed E-state index contributed by atoms with van der Waals surface area (Å²) in [5, 5.41) is 5.66. The molecule has 164 valence electrons. The molecule has 0 unspecified atom stereocenters. The number of hydrogen-bond donors (Lipinski definition) is 2. The van der Waals surface area contributed by atoms with E-state index in [2.05, 4.69) is 15.6 Å². The van der Waals surface area contributed by atoms with Crippen LogP contribution in [-0.2, 0) is 0 Å². The monoisotopic (exact) mass is 459 g/mol. The molecule has 0 saturated heterocycles. The van der Waals surface area contributed by atoms with Crippen LogP contribution >= 0.6 is 12.2 Å². The molecule has 0 aliphatic heterocycles. The van der Waals surface area contributed by atoms with E-state index in [1.54, 1.807) is 30.3 Å². The van der Waals surface area contributed by atoms with Crippen LogP contribution < -0.4 is 20.1 Å². The minimum Gasteiger partial charge on any atom is -0.457 e. The molecule has 8 heteroatoms. The predicted octanol–water partition coefficient (Wildman–Crippen LogP) is 5.93. The smallest absolute Gasteiger partial charge is 0.262 e. The third-order valence-corrected chi connectivity index (χ3v) is 4.55. The summed E-state index contributed by atoms with van der Waals surface area (Å²) in [6.45, 7) is 0. The third kappa shape index (κ3) is 6.11. The van der Waals surface area contributed by atoms with E-state index in [4.69, 9.17) is 21.7 Å². The van der Waals surface area contributed by atoms with Gasteiger partial charge in [0.1, 0.15) is 28.6 Å². The van der Waals surface area contributed by atoms with Crippen molar-refractivity contribution in [3.8, 4) is 23.1 Å². The minimum atomic E-state index is -0.505. The lowest BCUT2D eigenvalue weighted by molar-refractivity contribution is 0.0975. The second-order valence-electron chi connectivity index (χ2n) is 6.76. The number of thiocarbonyl (C=S) groups is 1. The predicted molar refractivity (Wildman–Crippen MR) is 127 cm³/mol. The van der Waals surface area contributed by atoms with Gasteiger partial charge in [-0.2, -0.15) is 0 Å². The molecule has 0 aliphatic carbocycles. The Hall–Kier alpha value is -4.30. The molecule has 0 bridgehead atoms. The second-order valence-corrected chi connectivity index (χ2v) is 7.17. The molecule has 33 heavy (non-hydrogen) atoms. The summed E-state index contributed by atoms with van der Waals surface area (Å²) in [6.07, 6.45) is 1.49. The lowest BCUT2D eigenvalue weighted by atomic mass is 10.2. The van der Waals surface area contributed by atoms with Crippen LogP contribution in [0.1, 0.15) is 10.4 Å². The molecule has 0 aliphatic rings. The van der Waals surface area contributed by atoms with Crippen molar-refractivity contribution in [1.82, 2.24) is 10.3 Å². The lowest BCUT2D eigenvalue weighted by Gasteiger charge is -2.13. The number of nitrogens with one attached hydrogen (secondary N) is 2. The number of aromatic nitrogens is 1. The number of rotatable bonds is 6. The number of hydrogen-bond acceptors (Lipinski definition) is 5. The molecule has 1 amide bonds. The van der Waals surface area contributed by atoms with E-state index in [1.165, 1.54) is 30.5 Å². The molecule has 0 spiro atoms. The fourth-order valence-electron chi connectivity index (χ4n) is 2.85. The van der Waals surface area contributed by atoms with Gasteiger partial charge < -0.3 is 14.8 Å². The fraction of sp³-hybridized carbons (Fsp3) is 0. The van der Waals surface area contributed by atoms with E-state index in [-0.39, 0.29) is 16.6 Å². The first kappa shape index (κ1) is 21.9. The zero-order chi connectivity index (χ0) is 23.0. The van der Waals surface area contributed by atoms with E-state index in [0.717, 1.165) is 0 Å². The van der Waals surface area contributed by atoms with Gasteiger partial charge in [-0.15, -0.1) is 0 Å². The van der Waals surface area contributed by atoms with E-state index in [0.29, 0.717) is 22.9 Å². The average Bonchev–Trinajstić information content (AvgIpc) is 2.82. The van der Waals surface area contributed by atoms with Crippen molar-refractivity contribution >= 4 is 28.9 Å². The van der Waals surface area contributed by atoms with Crippen LogP contribution in [0, 0.1) is 5.82 Å². The number of carbonyl (C=O) groups excluding carboxylic acids is 1. The van der Waals surface area contributed by atoms with Crippen molar-refractivity contribution in [1.29, 1.82) is 0 Å². The number of ether oxygens (including phenoxy) is 2. The highest BCUT2D eigenvalue weighted by Gasteiger charge is 2.16. The topological polar surface area (TPSA) is 72.5 Å². The van der Waals surface area contributed by atoms with Crippen LogP contribution in [0.3, 0.4) is 0 Å². The van der Waals surface area contributed by atoms with Crippen molar-refractivity contribution < 1.29 is 18.7 Å². The zero-order valence-corrected chi connectivity index (χ0v) is 18.0. The summed E-state index contributed by atoms with van der Waals surface area (Å²) in [7, 11) is 0. The Morgan fingerprint density at radius 3 is 2.33 bits per heavy atom. The summed E-state index contributed by atoms with van der Waals surface area (Å²) in [4.78, 5) is 16.9. The van der Waals surface area contributed by atoms with Gasteiger partial charge in [-0.3, -0.25) is 10.1 Å². The van der Waals surface area contributed by atoms with Crippen LogP contribution in [-0.4, -0.2) is 16.0 Å². The maximum atomic E-state index is 13.1. The van der Waals surface area contributed by atoms with Crippen LogP contribution in [0.5, 0.6) is 23.1 Å². The molecule has 6 nitrogen and oxygen atoms in total. The number of amides is 1. The highest BCUT2D eigenvalue weighted by molar-refractivity contribution is 7.80. The first-order chi connectivity index (χ1) is 16.1. The Bertz CT molecular complexity index is 1270. The lowest BCUT2D eigenvalue weighted by Crippen LogP contribution is -2.34. The Kier molecular flexibility index (Phi) is 6.87. The number of anilines is 1. The first-order valence-electron chi connectivity index (χ1n) is 9.90. The van der Waals surface area contributed by atoms with Crippen molar-refractivity contribution in [3.63, 3.8) is 0 Å². The highest BCUT2D eigenvalue weighted by Crippen LogP contribution is 2.25. The molecular weight excluding hydrogens is 441 g/mol. The number of halogens is 1. The number of para-hydroxylation sites is 1. The first-order valence-corrected chi connectivity index (χ1v) is 10.3. The van der Waals surface area contributed by atoms with E-state index >= 15 is 0 Å². The van der Waals surface area contributed by atoms with Gasteiger partial charge in [0.15, 0.2) is 5.11 Å². The molecular formula is C25H18FN3O3S. The average molecular weight is 460 g/mol. The van der Waals surface area contributed by atoms with Gasteiger partial charge in [-0.05, 0) is 72.9 Å². The summed E-state index contributed by atoms with van der Waals surface area (Å²) in [5.41, 5.74) is 0.815. The van der Waals surface area contributed by atoms with Crippen molar-refractivity contribution in [3.05, 3.63) is 109 Å². The Morgan fingerprint density at radius 2 is 1.55 bits per heavy atom. The molecule has 4 rings (SSSR count). The van der Waals surface area contributed by atoms with Crippen molar-refractivity contribution in [2.75, 3.05) is 5.32 Å². The van der Waals surface area contributed by atoms with Crippen molar-refractivity contribution in [2.45, 2.75) is 0 Å². The molecule has 0 radical (unpaired) electrons. The molecule has 2 N–H and O–H groups in total. The molecule has 1 heterocycles. The number of pyridine rings is 1. The number of benzene rings is 3. The number of carbonyl (C=O) groups is 1. The van der Waals surface area contributed by atoms with Crippen LogP contribution in [0.4, 0.5) is 10.1 Å². The minimum absolute atomic E-state index is 0.0719. The second kappa shape index (κ2) is 10.3. The van der Waals surface area contributed by atoms with Crippen molar-refractivity contribution in [2.24, 2.45) is 0 Å².